The van der Waals surface area contributed by atoms with Gasteiger partial charge in [0.05, 0.1) is 12.6 Å². The first-order valence-electron chi connectivity index (χ1n) is 6.71. The Kier molecular flexibility index (Phi) is 2.99. The van der Waals surface area contributed by atoms with Crippen molar-refractivity contribution < 1.29 is 4.74 Å². The van der Waals surface area contributed by atoms with Crippen LogP contribution in [0.4, 0.5) is 0 Å². The van der Waals surface area contributed by atoms with Gasteiger partial charge in [-0.05, 0) is 50.7 Å². The Balaban J connectivity index is 1.62. The number of nitrogens with zero attached hydrogens (tertiary/aromatic N) is 4. The van der Waals surface area contributed by atoms with Crippen molar-refractivity contribution in [3.8, 4) is 0 Å². The average molecular weight is 236 g/mol. The maximum atomic E-state index is 8.43. The lowest BCUT2D eigenvalue weighted by Crippen LogP contribution is -2.45. The van der Waals surface area contributed by atoms with Gasteiger partial charge in [-0.25, -0.2) is 0 Å². The standard InChI is InChI=1S/C12H20N4O/c13-15-14-9-11-12(5-8-17-11)3-6-16(7-4-12)10-1-2-10/h10-11H,1-9H2. The van der Waals surface area contributed by atoms with Crippen molar-refractivity contribution in [2.75, 3.05) is 26.2 Å². The molecule has 0 amide bonds. The van der Waals surface area contributed by atoms with Gasteiger partial charge in [-0.15, -0.1) is 0 Å². The predicted molar refractivity (Wildman–Crippen MR) is 64.6 cm³/mol. The second-order valence-electron chi connectivity index (χ2n) is 5.65. The van der Waals surface area contributed by atoms with Crippen LogP contribution < -0.4 is 0 Å². The van der Waals surface area contributed by atoms with Crippen molar-refractivity contribution in [1.29, 1.82) is 0 Å². The van der Waals surface area contributed by atoms with E-state index in [4.69, 9.17) is 10.3 Å². The molecule has 5 heteroatoms. The molecule has 3 fully saturated rings. The first kappa shape index (κ1) is 11.3. The lowest BCUT2D eigenvalue weighted by atomic mass is 9.73. The number of likely N-dealkylation sites (tertiary alicyclic amines) is 1. The summed E-state index contributed by atoms with van der Waals surface area (Å²) in [6, 6.07) is 0.880. The fraction of sp³-hybridized carbons (Fsp3) is 1.00. The van der Waals surface area contributed by atoms with E-state index in [1.54, 1.807) is 0 Å². The first-order chi connectivity index (χ1) is 8.34. The molecule has 3 aliphatic rings. The summed E-state index contributed by atoms with van der Waals surface area (Å²) in [7, 11) is 0. The molecular weight excluding hydrogens is 216 g/mol. The van der Waals surface area contributed by atoms with Crippen molar-refractivity contribution in [2.45, 2.75) is 44.2 Å². The SMILES string of the molecule is [N-]=[N+]=NCC1OCCC12CCN(C1CC1)CC2. The van der Waals surface area contributed by atoms with Crippen LogP contribution in [0.3, 0.4) is 0 Å². The van der Waals surface area contributed by atoms with E-state index in [0.29, 0.717) is 12.0 Å². The Bertz CT molecular complexity index is 327. The van der Waals surface area contributed by atoms with Crippen molar-refractivity contribution in [3.63, 3.8) is 0 Å². The second kappa shape index (κ2) is 4.48. The van der Waals surface area contributed by atoms with Gasteiger partial charge in [0, 0.05) is 23.0 Å². The van der Waals surface area contributed by atoms with Gasteiger partial charge >= 0.3 is 0 Å². The number of azide groups is 1. The lowest BCUT2D eigenvalue weighted by molar-refractivity contribution is 0.0128. The Morgan fingerprint density at radius 1 is 1.29 bits per heavy atom. The molecule has 1 atom stereocenters. The van der Waals surface area contributed by atoms with E-state index < -0.39 is 0 Å². The van der Waals surface area contributed by atoms with Gasteiger partial charge in [-0.1, -0.05) is 5.11 Å². The van der Waals surface area contributed by atoms with Crippen LogP contribution in [0.2, 0.25) is 0 Å². The van der Waals surface area contributed by atoms with Crippen LogP contribution in [0.15, 0.2) is 5.11 Å². The maximum absolute atomic E-state index is 8.43. The highest BCUT2D eigenvalue weighted by atomic mass is 16.5. The topological polar surface area (TPSA) is 61.2 Å². The Hall–Kier alpha value is -0.770. The molecule has 17 heavy (non-hydrogen) atoms. The summed E-state index contributed by atoms with van der Waals surface area (Å²) < 4.78 is 5.78. The summed E-state index contributed by atoms with van der Waals surface area (Å²) in [4.78, 5) is 5.50. The molecule has 0 bridgehead atoms. The molecule has 94 valence electrons. The minimum Gasteiger partial charge on any atom is -0.377 e. The minimum atomic E-state index is 0.166. The first-order valence-corrected chi connectivity index (χ1v) is 6.71. The third-order valence-corrected chi connectivity index (χ3v) is 4.77. The van der Waals surface area contributed by atoms with Gasteiger partial charge in [-0.3, -0.25) is 0 Å². The number of ether oxygens (including phenoxy) is 1. The zero-order valence-electron chi connectivity index (χ0n) is 10.2. The normalized spacial score (nSPS) is 32.6. The molecule has 5 nitrogen and oxygen atoms in total. The van der Waals surface area contributed by atoms with E-state index in [1.165, 1.54) is 38.8 Å². The zero-order valence-corrected chi connectivity index (χ0v) is 10.2. The molecule has 2 aliphatic heterocycles. The van der Waals surface area contributed by atoms with Crippen LogP contribution in [-0.4, -0.2) is 43.3 Å². The number of hydrogen-bond donors (Lipinski definition) is 0. The van der Waals surface area contributed by atoms with Crippen LogP contribution >= 0.6 is 0 Å². The van der Waals surface area contributed by atoms with Gasteiger partial charge in [-0.2, -0.15) is 0 Å². The predicted octanol–water partition coefficient (Wildman–Crippen LogP) is 2.33. The number of piperidine rings is 1. The summed E-state index contributed by atoms with van der Waals surface area (Å²) in [5.41, 5.74) is 8.74. The van der Waals surface area contributed by atoms with Crippen molar-refractivity contribution >= 4 is 0 Å². The van der Waals surface area contributed by atoms with Gasteiger partial charge in [0.15, 0.2) is 0 Å². The molecule has 1 spiro atoms. The summed E-state index contributed by atoms with van der Waals surface area (Å²) in [5, 5.41) is 3.71. The largest absolute Gasteiger partial charge is 0.377 e. The molecule has 0 aromatic rings. The fourth-order valence-corrected chi connectivity index (χ4v) is 3.45. The van der Waals surface area contributed by atoms with E-state index in [-0.39, 0.29) is 6.10 Å². The molecule has 2 saturated heterocycles. The molecule has 1 unspecified atom stereocenters. The van der Waals surface area contributed by atoms with E-state index in [1.807, 2.05) is 0 Å². The molecule has 1 aliphatic carbocycles. The van der Waals surface area contributed by atoms with E-state index in [2.05, 4.69) is 14.9 Å². The molecule has 0 aromatic heterocycles. The molecular formula is C12H20N4O. The zero-order chi connectivity index (χ0) is 11.7. The van der Waals surface area contributed by atoms with E-state index >= 15 is 0 Å². The second-order valence-corrected chi connectivity index (χ2v) is 5.65. The summed E-state index contributed by atoms with van der Waals surface area (Å²) in [6.07, 6.45) is 6.54. The third-order valence-electron chi connectivity index (χ3n) is 4.77. The van der Waals surface area contributed by atoms with E-state index in [0.717, 1.165) is 19.1 Å². The molecule has 3 rings (SSSR count). The number of rotatable bonds is 3. The van der Waals surface area contributed by atoms with Gasteiger partial charge in [0.25, 0.3) is 0 Å². The average Bonchev–Trinajstić information content (AvgIpc) is 3.13. The smallest absolute Gasteiger partial charge is 0.0689 e. The highest BCUT2D eigenvalue weighted by Gasteiger charge is 2.46. The molecule has 1 saturated carbocycles. The summed E-state index contributed by atoms with van der Waals surface area (Å²) in [6.45, 7) is 3.77. The fourth-order valence-electron chi connectivity index (χ4n) is 3.45. The minimum absolute atomic E-state index is 0.166. The van der Waals surface area contributed by atoms with Gasteiger partial charge in [0.1, 0.15) is 0 Å². The molecule has 2 heterocycles. The maximum Gasteiger partial charge on any atom is 0.0689 e. The number of hydrogen-bond acceptors (Lipinski definition) is 3. The monoisotopic (exact) mass is 236 g/mol. The Morgan fingerprint density at radius 3 is 2.71 bits per heavy atom. The van der Waals surface area contributed by atoms with E-state index in [9.17, 15) is 0 Å². The Labute approximate surface area is 102 Å². The van der Waals surface area contributed by atoms with Crippen molar-refractivity contribution in [3.05, 3.63) is 10.4 Å². The summed E-state index contributed by atoms with van der Waals surface area (Å²) >= 11 is 0. The van der Waals surface area contributed by atoms with Crippen LogP contribution in [-0.2, 0) is 4.74 Å². The highest BCUT2D eigenvalue weighted by Crippen LogP contribution is 2.45. The summed E-state index contributed by atoms with van der Waals surface area (Å²) in [5.74, 6) is 0. The quantitative estimate of drug-likeness (QED) is 0.429. The Morgan fingerprint density at radius 2 is 2.06 bits per heavy atom. The van der Waals surface area contributed by atoms with Gasteiger partial charge in [0.2, 0.25) is 0 Å². The molecule has 0 radical (unpaired) electrons. The van der Waals surface area contributed by atoms with Crippen molar-refractivity contribution in [1.82, 2.24) is 4.90 Å². The highest BCUT2D eigenvalue weighted by molar-refractivity contribution is 4.99. The van der Waals surface area contributed by atoms with Crippen LogP contribution in [0.1, 0.15) is 32.1 Å². The van der Waals surface area contributed by atoms with Gasteiger partial charge < -0.3 is 9.64 Å². The third kappa shape index (κ3) is 2.15. The van der Waals surface area contributed by atoms with Crippen LogP contribution in [0.25, 0.3) is 10.4 Å². The van der Waals surface area contributed by atoms with Crippen LogP contribution in [0, 0.1) is 5.41 Å². The van der Waals surface area contributed by atoms with Crippen molar-refractivity contribution in [2.24, 2.45) is 10.5 Å². The van der Waals surface area contributed by atoms with Crippen LogP contribution in [0.5, 0.6) is 0 Å². The lowest BCUT2D eigenvalue weighted by Gasteiger charge is -2.42. The molecule has 0 N–H and O–H groups in total. The molecule has 0 aromatic carbocycles.